The van der Waals surface area contributed by atoms with Crippen LogP contribution >= 0.6 is 0 Å². The SMILES string of the molecule is CC(CN)CCNCCC1CCN(C)C1. The van der Waals surface area contributed by atoms with Crippen molar-refractivity contribution in [3.63, 3.8) is 0 Å². The molecule has 90 valence electrons. The lowest BCUT2D eigenvalue weighted by Crippen LogP contribution is -2.23. The average molecular weight is 213 g/mol. The summed E-state index contributed by atoms with van der Waals surface area (Å²) in [6.07, 6.45) is 3.93. The molecule has 0 aliphatic carbocycles. The maximum atomic E-state index is 5.57. The largest absolute Gasteiger partial charge is 0.330 e. The van der Waals surface area contributed by atoms with Gasteiger partial charge in [0, 0.05) is 6.54 Å². The summed E-state index contributed by atoms with van der Waals surface area (Å²) < 4.78 is 0. The minimum absolute atomic E-state index is 0.662. The number of hydrogen-bond acceptors (Lipinski definition) is 3. The Hall–Kier alpha value is -0.120. The molecule has 3 heteroatoms. The van der Waals surface area contributed by atoms with Gasteiger partial charge in [-0.1, -0.05) is 6.92 Å². The number of nitrogens with two attached hydrogens (primary N) is 1. The predicted octanol–water partition coefficient (Wildman–Crippen LogP) is 0.903. The molecule has 0 spiro atoms. The molecule has 0 bridgehead atoms. The predicted molar refractivity (Wildman–Crippen MR) is 65.9 cm³/mol. The average Bonchev–Trinajstić information content (AvgIpc) is 2.63. The van der Waals surface area contributed by atoms with Gasteiger partial charge in [-0.05, 0) is 64.3 Å². The molecule has 0 aromatic carbocycles. The van der Waals surface area contributed by atoms with E-state index in [-0.39, 0.29) is 0 Å². The first-order valence-corrected chi connectivity index (χ1v) is 6.31. The third-order valence-electron chi connectivity index (χ3n) is 3.43. The lowest BCUT2D eigenvalue weighted by atomic mass is 10.0. The van der Waals surface area contributed by atoms with Crippen LogP contribution in [0.3, 0.4) is 0 Å². The topological polar surface area (TPSA) is 41.3 Å². The standard InChI is InChI=1S/C12H27N3/c1-11(9-13)3-6-14-7-4-12-5-8-15(2)10-12/h11-12,14H,3-10,13H2,1-2H3. The number of rotatable bonds is 7. The first kappa shape index (κ1) is 12.9. The van der Waals surface area contributed by atoms with Crippen LogP contribution in [0.2, 0.25) is 0 Å². The van der Waals surface area contributed by atoms with Gasteiger partial charge in [0.2, 0.25) is 0 Å². The van der Waals surface area contributed by atoms with Crippen LogP contribution in [0.1, 0.15) is 26.2 Å². The Labute approximate surface area is 94.4 Å². The molecule has 15 heavy (non-hydrogen) atoms. The third kappa shape index (κ3) is 5.50. The van der Waals surface area contributed by atoms with Crippen LogP contribution in [0.15, 0.2) is 0 Å². The highest BCUT2D eigenvalue weighted by Gasteiger charge is 2.18. The fraction of sp³-hybridized carbons (Fsp3) is 1.00. The zero-order valence-corrected chi connectivity index (χ0v) is 10.3. The van der Waals surface area contributed by atoms with Crippen molar-refractivity contribution in [3.8, 4) is 0 Å². The molecule has 2 unspecified atom stereocenters. The van der Waals surface area contributed by atoms with Gasteiger partial charge in [0.15, 0.2) is 0 Å². The van der Waals surface area contributed by atoms with Gasteiger partial charge >= 0.3 is 0 Å². The molecule has 0 saturated carbocycles. The number of nitrogens with zero attached hydrogens (tertiary/aromatic N) is 1. The molecular weight excluding hydrogens is 186 g/mol. The number of likely N-dealkylation sites (tertiary alicyclic amines) is 1. The molecule has 0 aromatic heterocycles. The van der Waals surface area contributed by atoms with Crippen LogP contribution in [0.5, 0.6) is 0 Å². The van der Waals surface area contributed by atoms with Crippen molar-refractivity contribution < 1.29 is 0 Å². The Morgan fingerprint density at radius 3 is 2.87 bits per heavy atom. The molecule has 1 fully saturated rings. The van der Waals surface area contributed by atoms with Gasteiger partial charge in [-0.15, -0.1) is 0 Å². The van der Waals surface area contributed by atoms with E-state index in [1.54, 1.807) is 0 Å². The molecule has 3 N–H and O–H groups in total. The van der Waals surface area contributed by atoms with E-state index in [0.29, 0.717) is 5.92 Å². The van der Waals surface area contributed by atoms with E-state index >= 15 is 0 Å². The molecule has 0 aromatic rings. The first-order valence-electron chi connectivity index (χ1n) is 6.31. The second kappa shape index (κ2) is 7.20. The summed E-state index contributed by atoms with van der Waals surface area (Å²) in [5.74, 6) is 1.59. The van der Waals surface area contributed by atoms with Crippen molar-refractivity contribution in [3.05, 3.63) is 0 Å². The van der Waals surface area contributed by atoms with Crippen molar-refractivity contribution in [1.82, 2.24) is 10.2 Å². The Morgan fingerprint density at radius 1 is 1.47 bits per heavy atom. The Kier molecular flexibility index (Phi) is 6.22. The Balaban J connectivity index is 1.89. The normalized spacial score (nSPS) is 24.6. The molecule has 1 aliphatic heterocycles. The minimum atomic E-state index is 0.662. The van der Waals surface area contributed by atoms with Gasteiger partial charge in [-0.25, -0.2) is 0 Å². The Bertz CT molecular complexity index is 161. The molecule has 3 nitrogen and oxygen atoms in total. The zero-order chi connectivity index (χ0) is 11.1. The second-order valence-corrected chi connectivity index (χ2v) is 5.09. The third-order valence-corrected chi connectivity index (χ3v) is 3.43. The smallest absolute Gasteiger partial charge is 0.000756 e. The van der Waals surface area contributed by atoms with Crippen molar-refractivity contribution in [2.45, 2.75) is 26.2 Å². The maximum Gasteiger partial charge on any atom is 0.000756 e. The summed E-state index contributed by atoms with van der Waals surface area (Å²) in [6.45, 7) is 7.91. The van der Waals surface area contributed by atoms with E-state index in [0.717, 1.165) is 19.0 Å². The van der Waals surface area contributed by atoms with Crippen LogP contribution in [0, 0.1) is 11.8 Å². The fourth-order valence-electron chi connectivity index (χ4n) is 2.16. The monoisotopic (exact) mass is 213 g/mol. The highest BCUT2D eigenvalue weighted by atomic mass is 15.1. The van der Waals surface area contributed by atoms with Gasteiger partial charge in [-0.2, -0.15) is 0 Å². The highest BCUT2D eigenvalue weighted by Crippen LogP contribution is 2.16. The summed E-state index contributed by atoms with van der Waals surface area (Å²) in [5, 5.41) is 3.52. The lowest BCUT2D eigenvalue weighted by molar-refractivity contribution is 0.383. The first-order chi connectivity index (χ1) is 7.22. The summed E-state index contributed by atoms with van der Waals surface area (Å²) in [6, 6.07) is 0. The maximum absolute atomic E-state index is 5.57. The van der Waals surface area contributed by atoms with Crippen LogP contribution in [-0.4, -0.2) is 44.7 Å². The number of nitrogens with one attached hydrogen (secondary N) is 1. The summed E-state index contributed by atoms with van der Waals surface area (Å²) in [4.78, 5) is 2.43. The van der Waals surface area contributed by atoms with Gasteiger partial charge in [0.05, 0.1) is 0 Å². The van der Waals surface area contributed by atoms with Crippen LogP contribution < -0.4 is 11.1 Å². The summed E-state index contributed by atoms with van der Waals surface area (Å²) in [7, 11) is 2.22. The quantitative estimate of drug-likeness (QED) is 0.618. The van der Waals surface area contributed by atoms with Gasteiger partial charge in [0.25, 0.3) is 0 Å². The molecule has 0 amide bonds. The molecule has 2 atom stereocenters. The van der Waals surface area contributed by atoms with Gasteiger partial charge in [-0.3, -0.25) is 0 Å². The summed E-state index contributed by atoms with van der Waals surface area (Å²) >= 11 is 0. The molecule has 1 heterocycles. The van der Waals surface area contributed by atoms with Crippen molar-refractivity contribution in [1.29, 1.82) is 0 Å². The van der Waals surface area contributed by atoms with E-state index in [1.807, 2.05) is 0 Å². The van der Waals surface area contributed by atoms with E-state index in [1.165, 1.54) is 38.9 Å². The van der Waals surface area contributed by atoms with Crippen LogP contribution in [0.4, 0.5) is 0 Å². The molecule has 1 aliphatic rings. The minimum Gasteiger partial charge on any atom is -0.330 e. The van der Waals surface area contributed by atoms with Crippen molar-refractivity contribution >= 4 is 0 Å². The molecule has 1 saturated heterocycles. The van der Waals surface area contributed by atoms with Gasteiger partial charge < -0.3 is 16.0 Å². The Morgan fingerprint density at radius 2 is 2.27 bits per heavy atom. The lowest BCUT2D eigenvalue weighted by Gasteiger charge is -2.12. The molecule has 0 radical (unpaired) electrons. The zero-order valence-electron chi connectivity index (χ0n) is 10.3. The number of hydrogen-bond donors (Lipinski definition) is 2. The molecular formula is C12H27N3. The van der Waals surface area contributed by atoms with E-state index in [9.17, 15) is 0 Å². The van der Waals surface area contributed by atoms with Crippen molar-refractivity contribution in [2.75, 3.05) is 39.8 Å². The summed E-state index contributed by atoms with van der Waals surface area (Å²) in [5.41, 5.74) is 5.57. The van der Waals surface area contributed by atoms with Crippen molar-refractivity contribution in [2.24, 2.45) is 17.6 Å². The van der Waals surface area contributed by atoms with E-state index < -0.39 is 0 Å². The second-order valence-electron chi connectivity index (χ2n) is 5.09. The fourth-order valence-corrected chi connectivity index (χ4v) is 2.16. The van der Waals surface area contributed by atoms with E-state index in [2.05, 4.69) is 24.2 Å². The molecule has 1 rings (SSSR count). The van der Waals surface area contributed by atoms with Crippen LogP contribution in [0.25, 0.3) is 0 Å². The van der Waals surface area contributed by atoms with Crippen LogP contribution in [-0.2, 0) is 0 Å². The highest BCUT2D eigenvalue weighted by molar-refractivity contribution is 4.73. The van der Waals surface area contributed by atoms with Gasteiger partial charge in [0.1, 0.15) is 0 Å². The van der Waals surface area contributed by atoms with E-state index in [4.69, 9.17) is 5.73 Å².